The number of benzene rings is 1. The summed E-state index contributed by atoms with van der Waals surface area (Å²) in [5.74, 6) is 0.0600. The number of anilines is 1. The van der Waals surface area contributed by atoms with Crippen LogP contribution in [0, 0.1) is 10.1 Å². The summed E-state index contributed by atoms with van der Waals surface area (Å²) in [5, 5.41) is 16.7. The lowest BCUT2D eigenvalue weighted by molar-refractivity contribution is -0.384. The van der Waals surface area contributed by atoms with Crippen LogP contribution in [-0.2, 0) is 4.79 Å². The summed E-state index contributed by atoms with van der Waals surface area (Å²) in [6.07, 6.45) is 0. The van der Waals surface area contributed by atoms with Crippen LogP contribution in [0.25, 0.3) is 0 Å². The zero-order chi connectivity index (χ0) is 16.0. The van der Waals surface area contributed by atoms with Gasteiger partial charge in [0.2, 0.25) is 5.91 Å². The number of hydrogen-bond acceptors (Lipinski definition) is 5. The number of nitrogens with zero attached hydrogens (tertiary/aromatic N) is 1. The Balaban J connectivity index is 3.02. The number of nitrogens with one attached hydrogen (secondary N) is 2. The second-order valence-electron chi connectivity index (χ2n) is 4.98. The first-order valence-corrected chi connectivity index (χ1v) is 6.79. The first kappa shape index (κ1) is 16.9. The topological polar surface area (TPSA) is 93.5 Å². The first-order valence-electron chi connectivity index (χ1n) is 6.79. The lowest BCUT2D eigenvalue weighted by atomic mass is 10.0. The molecule has 0 atom stereocenters. The van der Waals surface area contributed by atoms with E-state index in [1.165, 1.54) is 12.1 Å². The van der Waals surface area contributed by atoms with Crippen LogP contribution in [0.4, 0.5) is 11.4 Å². The highest BCUT2D eigenvalue weighted by Gasteiger charge is 2.28. The van der Waals surface area contributed by atoms with Gasteiger partial charge in [0.15, 0.2) is 0 Å². The van der Waals surface area contributed by atoms with Crippen molar-refractivity contribution in [2.45, 2.75) is 33.2 Å². The minimum Gasteiger partial charge on any atom is -0.494 e. The first-order chi connectivity index (χ1) is 9.81. The van der Waals surface area contributed by atoms with Gasteiger partial charge in [-0.05, 0) is 39.4 Å². The van der Waals surface area contributed by atoms with Crippen molar-refractivity contribution in [3.05, 3.63) is 28.3 Å². The predicted octanol–water partition coefficient (Wildman–Crippen LogP) is 2.32. The summed E-state index contributed by atoms with van der Waals surface area (Å²) in [7, 11) is 0. The van der Waals surface area contributed by atoms with E-state index in [1.807, 2.05) is 6.92 Å². The fraction of sp³-hybridized carbons (Fsp3) is 0.500. The van der Waals surface area contributed by atoms with Gasteiger partial charge in [0, 0.05) is 0 Å². The second kappa shape index (κ2) is 7.03. The van der Waals surface area contributed by atoms with Gasteiger partial charge in [0.1, 0.15) is 11.4 Å². The van der Waals surface area contributed by atoms with Crippen molar-refractivity contribution < 1.29 is 14.5 Å². The standard InChI is InChI=1S/C14H21N3O4/c1-5-15-14(3,4)13(18)16-11-8-7-10(21-6-2)9-12(11)17(19)20/h7-9,15H,5-6H2,1-4H3,(H,16,18). The molecule has 2 N–H and O–H groups in total. The Morgan fingerprint density at radius 3 is 2.57 bits per heavy atom. The molecule has 1 aromatic carbocycles. The second-order valence-corrected chi connectivity index (χ2v) is 4.98. The average molecular weight is 295 g/mol. The van der Waals surface area contributed by atoms with E-state index in [0.29, 0.717) is 18.9 Å². The third kappa shape index (κ3) is 4.42. The highest BCUT2D eigenvalue weighted by atomic mass is 16.6. The maximum atomic E-state index is 12.2. The largest absolute Gasteiger partial charge is 0.494 e. The van der Waals surface area contributed by atoms with Crippen LogP contribution in [0.3, 0.4) is 0 Å². The maximum Gasteiger partial charge on any atom is 0.296 e. The number of hydrogen-bond donors (Lipinski definition) is 2. The van der Waals surface area contributed by atoms with E-state index in [1.54, 1.807) is 26.8 Å². The lowest BCUT2D eigenvalue weighted by Crippen LogP contribution is -2.49. The quantitative estimate of drug-likeness (QED) is 0.594. The van der Waals surface area contributed by atoms with Crippen molar-refractivity contribution in [2.75, 3.05) is 18.5 Å². The van der Waals surface area contributed by atoms with Crippen molar-refractivity contribution in [3.63, 3.8) is 0 Å². The van der Waals surface area contributed by atoms with Crippen molar-refractivity contribution in [3.8, 4) is 5.75 Å². The van der Waals surface area contributed by atoms with E-state index in [2.05, 4.69) is 10.6 Å². The predicted molar refractivity (Wildman–Crippen MR) is 80.7 cm³/mol. The average Bonchev–Trinajstić information content (AvgIpc) is 2.40. The Kier molecular flexibility index (Phi) is 5.66. The fourth-order valence-electron chi connectivity index (χ4n) is 1.83. The summed E-state index contributed by atoms with van der Waals surface area (Å²) in [5.41, 5.74) is -0.859. The van der Waals surface area contributed by atoms with E-state index in [4.69, 9.17) is 4.74 Å². The molecule has 1 rings (SSSR count). The van der Waals surface area contributed by atoms with Crippen LogP contribution in [0.15, 0.2) is 18.2 Å². The third-order valence-electron chi connectivity index (χ3n) is 2.91. The minimum atomic E-state index is -0.818. The molecule has 7 nitrogen and oxygen atoms in total. The molecular formula is C14H21N3O4. The molecule has 116 valence electrons. The van der Waals surface area contributed by atoms with Crippen molar-refractivity contribution >= 4 is 17.3 Å². The molecule has 0 aliphatic rings. The van der Waals surface area contributed by atoms with Crippen LogP contribution < -0.4 is 15.4 Å². The van der Waals surface area contributed by atoms with E-state index in [9.17, 15) is 14.9 Å². The number of ether oxygens (including phenoxy) is 1. The van der Waals surface area contributed by atoms with Crippen LogP contribution in [0.5, 0.6) is 5.75 Å². The number of amides is 1. The molecule has 7 heteroatoms. The number of nitro benzene ring substituents is 1. The highest BCUT2D eigenvalue weighted by Crippen LogP contribution is 2.29. The molecule has 0 unspecified atom stereocenters. The summed E-state index contributed by atoms with van der Waals surface area (Å²) in [6, 6.07) is 4.37. The van der Waals surface area contributed by atoms with E-state index >= 15 is 0 Å². The molecule has 0 saturated heterocycles. The zero-order valence-corrected chi connectivity index (χ0v) is 12.7. The van der Waals surface area contributed by atoms with E-state index in [0.717, 1.165) is 0 Å². The van der Waals surface area contributed by atoms with Crippen molar-refractivity contribution in [1.29, 1.82) is 0 Å². The van der Waals surface area contributed by atoms with Crippen LogP contribution in [0.1, 0.15) is 27.7 Å². The van der Waals surface area contributed by atoms with Gasteiger partial charge in [0.05, 0.1) is 23.1 Å². The van der Waals surface area contributed by atoms with Gasteiger partial charge in [-0.3, -0.25) is 14.9 Å². The van der Waals surface area contributed by atoms with Gasteiger partial charge in [-0.2, -0.15) is 0 Å². The van der Waals surface area contributed by atoms with Crippen LogP contribution >= 0.6 is 0 Å². The van der Waals surface area contributed by atoms with Gasteiger partial charge in [-0.15, -0.1) is 0 Å². The van der Waals surface area contributed by atoms with E-state index in [-0.39, 0.29) is 17.3 Å². The molecule has 0 saturated carbocycles. The molecule has 0 aliphatic heterocycles. The molecule has 0 aliphatic carbocycles. The number of carbonyl (C=O) groups excluding carboxylic acids is 1. The SMILES string of the molecule is CCNC(C)(C)C(=O)Nc1ccc(OCC)cc1[N+](=O)[O-]. The molecule has 1 aromatic rings. The smallest absolute Gasteiger partial charge is 0.296 e. The Bertz CT molecular complexity index is 529. The summed E-state index contributed by atoms with van der Waals surface area (Å²) >= 11 is 0. The Hall–Kier alpha value is -2.15. The molecule has 0 aromatic heterocycles. The minimum absolute atomic E-state index is 0.152. The van der Waals surface area contributed by atoms with Gasteiger partial charge in [0.25, 0.3) is 5.69 Å². The molecule has 0 spiro atoms. The molecule has 0 radical (unpaired) electrons. The van der Waals surface area contributed by atoms with E-state index < -0.39 is 10.5 Å². The number of carbonyl (C=O) groups is 1. The normalized spacial score (nSPS) is 11.0. The Labute approximate surface area is 123 Å². The zero-order valence-electron chi connectivity index (χ0n) is 12.7. The summed E-state index contributed by atoms with van der Waals surface area (Å²) < 4.78 is 5.23. The van der Waals surface area contributed by atoms with Gasteiger partial charge >= 0.3 is 0 Å². The van der Waals surface area contributed by atoms with Crippen molar-refractivity contribution in [2.24, 2.45) is 0 Å². The summed E-state index contributed by atoms with van der Waals surface area (Å²) in [4.78, 5) is 22.8. The number of rotatable bonds is 7. The van der Waals surface area contributed by atoms with Gasteiger partial charge in [-0.1, -0.05) is 6.92 Å². The molecule has 0 fully saturated rings. The molecule has 21 heavy (non-hydrogen) atoms. The molecule has 0 bridgehead atoms. The van der Waals surface area contributed by atoms with Crippen LogP contribution in [0.2, 0.25) is 0 Å². The highest BCUT2D eigenvalue weighted by molar-refractivity contribution is 5.99. The lowest BCUT2D eigenvalue weighted by Gasteiger charge is -2.24. The van der Waals surface area contributed by atoms with Gasteiger partial charge in [-0.25, -0.2) is 0 Å². The van der Waals surface area contributed by atoms with Crippen molar-refractivity contribution in [1.82, 2.24) is 5.32 Å². The fourth-order valence-corrected chi connectivity index (χ4v) is 1.83. The molecular weight excluding hydrogens is 274 g/mol. The summed E-state index contributed by atoms with van der Waals surface area (Å²) in [6.45, 7) is 8.13. The van der Waals surface area contributed by atoms with Gasteiger partial charge < -0.3 is 15.4 Å². The Morgan fingerprint density at radius 1 is 1.38 bits per heavy atom. The van der Waals surface area contributed by atoms with Crippen LogP contribution in [-0.4, -0.2) is 29.5 Å². The third-order valence-corrected chi connectivity index (χ3v) is 2.91. The monoisotopic (exact) mass is 295 g/mol. The number of likely N-dealkylation sites (N-methyl/N-ethyl adjacent to an activating group) is 1. The molecule has 1 amide bonds. The number of nitro groups is 1. The maximum absolute atomic E-state index is 12.2. The Morgan fingerprint density at radius 2 is 2.05 bits per heavy atom. The molecule has 0 heterocycles.